The van der Waals surface area contributed by atoms with Crippen LogP contribution in [0.3, 0.4) is 0 Å². The Morgan fingerprint density at radius 3 is 2.22 bits per heavy atom. The fourth-order valence-corrected chi connectivity index (χ4v) is 3.37. The predicted octanol–water partition coefficient (Wildman–Crippen LogP) is 4.14. The van der Waals surface area contributed by atoms with Crippen LogP contribution in [0.25, 0.3) is 5.57 Å². The Hall–Kier alpha value is -4.53. The number of halogens is 1. The summed E-state index contributed by atoms with van der Waals surface area (Å²) in [6, 6.07) is 17.1. The van der Waals surface area contributed by atoms with Crippen molar-refractivity contribution >= 4 is 34.4 Å². The van der Waals surface area contributed by atoms with Crippen molar-refractivity contribution in [2.45, 2.75) is 0 Å². The number of hydrogen-bond acceptors (Lipinski definition) is 6. The Labute approximate surface area is 181 Å². The summed E-state index contributed by atoms with van der Waals surface area (Å²) in [6.07, 6.45) is 0. The molecule has 4 rings (SSSR count). The van der Waals surface area contributed by atoms with E-state index >= 15 is 0 Å². The largest absolute Gasteiger partial charge is 0.495 e. The van der Waals surface area contributed by atoms with Crippen LogP contribution in [0.2, 0.25) is 0 Å². The van der Waals surface area contributed by atoms with Crippen molar-refractivity contribution in [2.24, 2.45) is 0 Å². The van der Waals surface area contributed by atoms with E-state index in [1.54, 1.807) is 24.3 Å². The zero-order valence-corrected chi connectivity index (χ0v) is 16.7. The topological polar surface area (TPSA) is 102 Å². The van der Waals surface area contributed by atoms with E-state index in [1.807, 2.05) is 0 Å². The molecule has 0 bridgehead atoms. The van der Waals surface area contributed by atoms with Crippen LogP contribution >= 0.6 is 0 Å². The molecule has 0 saturated carbocycles. The highest BCUT2D eigenvalue weighted by Crippen LogP contribution is 2.36. The number of amides is 2. The second kappa shape index (κ2) is 8.31. The van der Waals surface area contributed by atoms with Gasteiger partial charge in [0, 0.05) is 12.1 Å². The summed E-state index contributed by atoms with van der Waals surface area (Å²) in [5.74, 6) is -1.36. The van der Waals surface area contributed by atoms with Gasteiger partial charge >= 0.3 is 0 Å². The molecule has 1 aliphatic rings. The number of non-ortho nitro benzene ring substituents is 1. The number of nitrogens with one attached hydrogen (secondary N) is 1. The predicted molar refractivity (Wildman–Crippen MR) is 116 cm³/mol. The Morgan fingerprint density at radius 1 is 0.938 bits per heavy atom. The van der Waals surface area contributed by atoms with Gasteiger partial charge in [0.05, 0.1) is 29.0 Å². The van der Waals surface area contributed by atoms with E-state index in [0.29, 0.717) is 17.0 Å². The van der Waals surface area contributed by atoms with Crippen molar-refractivity contribution in [3.63, 3.8) is 0 Å². The molecule has 9 heteroatoms. The average molecular weight is 433 g/mol. The molecule has 3 aromatic rings. The minimum Gasteiger partial charge on any atom is -0.495 e. The maximum absolute atomic E-state index is 13.4. The van der Waals surface area contributed by atoms with Crippen LogP contribution in [0.5, 0.6) is 5.75 Å². The van der Waals surface area contributed by atoms with E-state index in [9.17, 15) is 24.1 Å². The van der Waals surface area contributed by atoms with E-state index in [4.69, 9.17) is 4.74 Å². The van der Waals surface area contributed by atoms with Crippen LogP contribution in [0.1, 0.15) is 5.56 Å². The molecule has 160 valence electrons. The molecular weight excluding hydrogens is 417 g/mol. The molecule has 8 nitrogen and oxygen atoms in total. The fourth-order valence-electron chi connectivity index (χ4n) is 3.37. The van der Waals surface area contributed by atoms with Crippen LogP contribution in [0, 0.1) is 15.9 Å². The lowest BCUT2D eigenvalue weighted by Crippen LogP contribution is -2.32. The molecule has 0 spiro atoms. The molecule has 0 aromatic heterocycles. The van der Waals surface area contributed by atoms with Gasteiger partial charge in [-0.25, -0.2) is 9.29 Å². The van der Waals surface area contributed by atoms with Gasteiger partial charge in [0.15, 0.2) is 0 Å². The second-order valence-corrected chi connectivity index (χ2v) is 6.80. The van der Waals surface area contributed by atoms with Crippen molar-refractivity contribution in [3.05, 3.63) is 100.0 Å². The quantitative estimate of drug-likeness (QED) is 0.356. The smallest absolute Gasteiger partial charge is 0.282 e. The lowest BCUT2D eigenvalue weighted by Gasteiger charge is -2.16. The lowest BCUT2D eigenvalue weighted by atomic mass is 10.0. The number of benzene rings is 3. The maximum Gasteiger partial charge on any atom is 0.282 e. The van der Waals surface area contributed by atoms with Gasteiger partial charge in [-0.05, 0) is 54.1 Å². The highest BCUT2D eigenvalue weighted by Gasteiger charge is 2.40. The lowest BCUT2D eigenvalue weighted by molar-refractivity contribution is -0.384. The number of hydrogen-bond donors (Lipinski definition) is 1. The number of carbonyl (C=O) groups excluding carboxylic acids is 2. The van der Waals surface area contributed by atoms with Gasteiger partial charge in [-0.15, -0.1) is 0 Å². The van der Waals surface area contributed by atoms with Gasteiger partial charge in [0.2, 0.25) is 0 Å². The van der Waals surface area contributed by atoms with E-state index in [0.717, 1.165) is 17.0 Å². The first kappa shape index (κ1) is 20.7. The first-order valence-electron chi connectivity index (χ1n) is 9.44. The normalized spacial score (nSPS) is 13.5. The van der Waals surface area contributed by atoms with Crippen molar-refractivity contribution in [1.29, 1.82) is 0 Å². The molecule has 0 fully saturated rings. The third-order valence-corrected chi connectivity index (χ3v) is 4.90. The summed E-state index contributed by atoms with van der Waals surface area (Å²) in [6.45, 7) is 0. The molecule has 2 amide bonds. The fraction of sp³-hybridized carbons (Fsp3) is 0.0435. The second-order valence-electron chi connectivity index (χ2n) is 6.80. The molecule has 0 atom stereocenters. The third kappa shape index (κ3) is 3.67. The standard InChI is InChI=1S/C23H16FN3O5/c1-32-19-5-3-2-4-18(19)25-21-20(14-6-10-17(11-7-14)27(30)31)22(28)26(23(21)29)16-12-8-15(24)9-13-16/h2-13,25H,1H3. The molecular formula is C23H16FN3O5. The summed E-state index contributed by atoms with van der Waals surface area (Å²) in [4.78, 5) is 38.0. The zero-order valence-electron chi connectivity index (χ0n) is 16.7. The number of nitro groups is 1. The summed E-state index contributed by atoms with van der Waals surface area (Å²) in [5.41, 5.74) is 0.804. The Bertz CT molecular complexity index is 1250. The van der Waals surface area contributed by atoms with E-state index in [-0.39, 0.29) is 22.6 Å². The minimum atomic E-state index is -0.652. The van der Waals surface area contributed by atoms with Gasteiger partial charge in [-0.3, -0.25) is 19.7 Å². The number of rotatable bonds is 6. The van der Waals surface area contributed by atoms with Gasteiger partial charge in [0.1, 0.15) is 17.3 Å². The molecule has 32 heavy (non-hydrogen) atoms. The molecule has 0 unspecified atom stereocenters. The van der Waals surface area contributed by atoms with Gasteiger partial charge < -0.3 is 10.1 Å². The highest BCUT2D eigenvalue weighted by atomic mass is 19.1. The number of nitrogens with zero attached hydrogens (tertiary/aromatic N) is 2. The number of anilines is 2. The van der Waals surface area contributed by atoms with Crippen LogP contribution < -0.4 is 15.0 Å². The monoisotopic (exact) mass is 433 g/mol. The number of nitro benzene ring substituents is 1. The number of imide groups is 1. The number of ether oxygens (including phenoxy) is 1. The molecule has 0 aliphatic carbocycles. The number of methoxy groups -OCH3 is 1. The summed E-state index contributed by atoms with van der Waals surface area (Å²) >= 11 is 0. The van der Waals surface area contributed by atoms with Crippen molar-refractivity contribution in [1.82, 2.24) is 0 Å². The third-order valence-electron chi connectivity index (χ3n) is 4.90. The van der Waals surface area contributed by atoms with E-state index < -0.39 is 22.6 Å². The Morgan fingerprint density at radius 2 is 1.59 bits per heavy atom. The molecule has 3 aromatic carbocycles. The highest BCUT2D eigenvalue weighted by molar-refractivity contribution is 6.46. The SMILES string of the molecule is COc1ccccc1NC1=C(c2ccc([N+](=O)[O-])cc2)C(=O)N(c2ccc(F)cc2)C1=O. The molecule has 1 N–H and O–H groups in total. The van der Waals surface area contributed by atoms with Gasteiger partial charge in [0.25, 0.3) is 17.5 Å². The number of carbonyl (C=O) groups is 2. The first-order chi connectivity index (χ1) is 15.4. The molecule has 1 aliphatic heterocycles. The average Bonchev–Trinajstić information content (AvgIpc) is 3.04. The Kier molecular flexibility index (Phi) is 5.38. The van der Waals surface area contributed by atoms with Crippen molar-refractivity contribution < 1.29 is 23.6 Å². The molecule has 0 saturated heterocycles. The van der Waals surface area contributed by atoms with Crippen LogP contribution in [-0.4, -0.2) is 23.8 Å². The number of para-hydroxylation sites is 2. The summed E-state index contributed by atoms with van der Waals surface area (Å²) in [5, 5.41) is 14.0. The van der Waals surface area contributed by atoms with Crippen LogP contribution in [0.15, 0.2) is 78.5 Å². The molecule has 1 heterocycles. The minimum absolute atomic E-state index is 0.0279. The van der Waals surface area contributed by atoms with E-state index in [1.165, 1.54) is 43.5 Å². The van der Waals surface area contributed by atoms with Gasteiger partial charge in [-0.2, -0.15) is 0 Å². The van der Waals surface area contributed by atoms with Crippen LogP contribution in [0.4, 0.5) is 21.5 Å². The van der Waals surface area contributed by atoms with Crippen LogP contribution in [-0.2, 0) is 9.59 Å². The maximum atomic E-state index is 13.4. The Balaban J connectivity index is 1.83. The molecule has 0 radical (unpaired) electrons. The first-order valence-corrected chi connectivity index (χ1v) is 9.44. The van der Waals surface area contributed by atoms with E-state index in [2.05, 4.69) is 5.32 Å². The summed E-state index contributed by atoms with van der Waals surface area (Å²) < 4.78 is 18.7. The summed E-state index contributed by atoms with van der Waals surface area (Å²) in [7, 11) is 1.47. The zero-order chi connectivity index (χ0) is 22.8. The van der Waals surface area contributed by atoms with Crippen molar-refractivity contribution in [3.8, 4) is 5.75 Å². The van der Waals surface area contributed by atoms with Crippen molar-refractivity contribution in [2.75, 3.05) is 17.3 Å². The van der Waals surface area contributed by atoms with Gasteiger partial charge in [-0.1, -0.05) is 12.1 Å².